The standard InChI is InChI=1S/C19H19N/c1-14-11-12-19-17(13-14)16-9-5-6-10-18(16)20(19)15-7-3-2-4-8-15/h3,5-10,12-14H,2,4,11H2,1H3. The number of fused-ring (bicyclic) bond motifs is 3. The van der Waals surface area contributed by atoms with E-state index in [9.17, 15) is 0 Å². The third-order valence-corrected chi connectivity index (χ3v) is 4.32. The van der Waals surface area contributed by atoms with Crippen LogP contribution >= 0.6 is 0 Å². The molecule has 4 rings (SSSR count). The van der Waals surface area contributed by atoms with Crippen LogP contribution in [-0.4, -0.2) is 4.57 Å². The molecule has 0 radical (unpaired) electrons. The largest absolute Gasteiger partial charge is 0.310 e. The molecule has 0 saturated heterocycles. The Morgan fingerprint density at radius 3 is 2.85 bits per heavy atom. The molecule has 0 aliphatic heterocycles. The van der Waals surface area contributed by atoms with E-state index in [0.29, 0.717) is 5.92 Å². The van der Waals surface area contributed by atoms with Crippen LogP contribution in [0, 0.1) is 5.92 Å². The van der Waals surface area contributed by atoms with Crippen LogP contribution in [0.1, 0.15) is 26.2 Å². The summed E-state index contributed by atoms with van der Waals surface area (Å²) < 4.78 is 2.43. The molecular formula is C19H19N. The Morgan fingerprint density at radius 2 is 2.00 bits per heavy atom. The van der Waals surface area contributed by atoms with Gasteiger partial charge in [-0.3, -0.25) is 0 Å². The van der Waals surface area contributed by atoms with Crippen molar-refractivity contribution in [2.75, 3.05) is 0 Å². The highest BCUT2D eigenvalue weighted by molar-refractivity contribution is 5.87. The van der Waals surface area contributed by atoms with Crippen molar-refractivity contribution in [2.24, 2.45) is 5.92 Å². The first-order valence-electron chi connectivity index (χ1n) is 7.53. The zero-order chi connectivity index (χ0) is 13.5. The number of para-hydroxylation sites is 1. The number of rotatable bonds is 1. The topological polar surface area (TPSA) is 4.93 Å². The van der Waals surface area contributed by atoms with Crippen LogP contribution < -0.4 is 10.6 Å². The van der Waals surface area contributed by atoms with Gasteiger partial charge in [-0.15, -0.1) is 0 Å². The average Bonchev–Trinajstić information content (AvgIpc) is 2.82. The predicted octanol–water partition coefficient (Wildman–Crippen LogP) is 3.43. The van der Waals surface area contributed by atoms with E-state index in [0.717, 1.165) is 19.3 Å². The van der Waals surface area contributed by atoms with Gasteiger partial charge in [0.15, 0.2) is 0 Å². The molecule has 1 atom stereocenters. The molecule has 100 valence electrons. The maximum atomic E-state index is 2.43. The van der Waals surface area contributed by atoms with Crippen molar-refractivity contribution in [2.45, 2.75) is 26.2 Å². The molecule has 2 aliphatic carbocycles. The summed E-state index contributed by atoms with van der Waals surface area (Å²) in [6.07, 6.45) is 15.2. The molecule has 1 aromatic heterocycles. The van der Waals surface area contributed by atoms with Gasteiger partial charge in [0, 0.05) is 21.7 Å². The Kier molecular flexibility index (Phi) is 2.66. The number of allylic oxidation sites excluding steroid dienone is 4. The van der Waals surface area contributed by atoms with Gasteiger partial charge in [0.25, 0.3) is 0 Å². The maximum Gasteiger partial charge on any atom is 0.0540 e. The zero-order valence-corrected chi connectivity index (χ0v) is 11.8. The Morgan fingerprint density at radius 1 is 1.10 bits per heavy atom. The second-order valence-electron chi connectivity index (χ2n) is 5.84. The van der Waals surface area contributed by atoms with Crippen LogP contribution in [0.25, 0.3) is 28.8 Å². The van der Waals surface area contributed by atoms with E-state index in [1.807, 2.05) is 0 Å². The molecule has 0 bridgehead atoms. The third-order valence-electron chi connectivity index (χ3n) is 4.32. The second-order valence-corrected chi connectivity index (χ2v) is 5.84. The first-order valence-corrected chi connectivity index (χ1v) is 7.53. The minimum Gasteiger partial charge on any atom is -0.310 e. The lowest BCUT2D eigenvalue weighted by molar-refractivity contribution is 0.796. The van der Waals surface area contributed by atoms with Crippen molar-refractivity contribution in [1.82, 2.24) is 4.57 Å². The molecule has 0 fully saturated rings. The van der Waals surface area contributed by atoms with Gasteiger partial charge in [-0.25, -0.2) is 0 Å². The molecule has 0 amide bonds. The third kappa shape index (κ3) is 1.70. The highest BCUT2D eigenvalue weighted by atomic mass is 15.0. The predicted molar refractivity (Wildman–Crippen MR) is 86.5 cm³/mol. The summed E-state index contributed by atoms with van der Waals surface area (Å²) in [5, 5.41) is 4.17. The summed E-state index contributed by atoms with van der Waals surface area (Å²) >= 11 is 0. The fourth-order valence-electron chi connectivity index (χ4n) is 3.35. The molecule has 2 aliphatic rings. The molecule has 1 unspecified atom stereocenters. The summed E-state index contributed by atoms with van der Waals surface area (Å²) in [5.41, 5.74) is 2.66. The van der Waals surface area contributed by atoms with Gasteiger partial charge in [0.1, 0.15) is 0 Å². The number of aromatic nitrogens is 1. The van der Waals surface area contributed by atoms with Crippen LogP contribution in [-0.2, 0) is 0 Å². The Bertz CT molecular complexity index is 846. The monoisotopic (exact) mass is 261 g/mol. The van der Waals surface area contributed by atoms with Crippen LogP contribution in [0.4, 0.5) is 0 Å². The lowest BCUT2D eigenvalue weighted by atomic mass is 10.0. The molecule has 1 nitrogen and oxygen atoms in total. The van der Waals surface area contributed by atoms with Crippen molar-refractivity contribution < 1.29 is 0 Å². The molecule has 1 heterocycles. The van der Waals surface area contributed by atoms with Crippen molar-refractivity contribution >= 4 is 28.8 Å². The first kappa shape index (κ1) is 11.8. The van der Waals surface area contributed by atoms with Crippen LogP contribution in [0.3, 0.4) is 0 Å². The van der Waals surface area contributed by atoms with E-state index in [1.54, 1.807) is 0 Å². The molecular weight excluding hydrogens is 242 g/mol. The fourth-order valence-corrected chi connectivity index (χ4v) is 3.35. The van der Waals surface area contributed by atoms with E-state index in [-0.39, 0.29) is 0 Å². The van der Waals surface area contributed by atoms with Crippen molar-refractivity contribution in [3.63, 3.8) is 0 Å². The van der Waals surface area contributed by atoms with Crippen molar-refractivity contribution in [3.8, 4) is 0 Å². The van der Waals surface area contributed by atoms with Crippen LogP contribution in [0.15, 0.2) is 42.5 Å². The van der Waals surface area contributed by atoms with Crippen molar-refractivity contribution in [3.05, 3.63) is 53.1 Å². The van der Waals surface area contributed by atoms with Crippen LogP contribution in [0.5, 0.6) is 0 Å². The normalized spacial score (nSPS) is 21.1. The minimum absolute atomic E-state index is 0.637. The Balaban J connectivity index is 2.14. The smallest absolute Gasteiger partial charge is 0.0540 e. The SMILES string of the molecule is CC1C=c2c(n(C3=CCCC=C3)c3ccccc23)=CC1. The van der Waals surface area contributed by atoms with Gasteiger partial charge in [-0.2, -0.15) is 0 Å². The summed E-state index contributed by atoms with van der Waals surface area (Å²) in [4.78, 5) is 0. The molecule has 2 aromatic rings. The highest BCUT2D eigenvalue weighted by Crippen LogP contribution is 2.20. The summed E-state index contributed by atoms with van der Waals surface area (Å²) in [6, 6.07) is 8.77. The van der Waals surface area contributed by atoms with Gasteiger partial charge in [0.2, 0.25) is 0 Å². The molecule has 0 spiro atoms. The lowest BCUT2D eigenvalue weighted by Gasteiger charge is -2.12. The van der Waals surface area contributed by atoms with Gasteiger partial charge in [0.05, 0.1) is 5.52 Å². The fraction of sp³-hybridized carbons (Fsp3) is 0.263. The number of hydrogen-bond donors (Lipinski definition) is 0. The lowest BCUT2D eigenvalue weighted by Crippen LogP contribution is -2.32. The Hall–Kier alpha value is -2.02. The molecule has 1 heteroatoms. The highest BCUT2D eigenvalue weighted by Gasteiger charge is 2.13. The zero-order valence-electron chi connectivity index (χ0n) is 11.8. The van der Waals surface area contributed by atoms with Gasteiger partial charge >= 0.3 is 0 Å². The second kappa shape index (κ2) is 4.52. The van der Waals surface area contributed by atoms with Gasteiger partial charge < -0.3 is 4.57 Å². The average molecular weight is 261 g/mol. The summed E-state index contributed by atoms with van der Waals surface area (Å²) in [6.45, 7) is 2.30. The molecule has 0 saturated carbocycles. The summed E-state index contributed by atoms with van der Waals surface area (Å²) in [5.74, 6) is 0.637. The minimum atomic E-state index is 0.637. The van der Waals surface area contributed by atoms with Gasteiger partial charge in [-0.1, -0.05) is 49.4 Å². The number of nitrogens with zero attached hydrogens (tertiary/aromatic N) is 1. The summed E-state index contributed by atoms with van der Waals surface area (Å²) in [7, 11) is 0. The molecule has 0 N–H and O–H groups in total. The molecule has 1 aromatic carbocycles. The molecule has 20 heavy (non-hydrogen) atoms. The number of hydrogen-bond acceptors (Lipinski definition) is 0. The Labute approximate surface area is 119 Å². The maximum absolute atomic E-state index is 2.43. The van der Waals surface area contributed by atoms with Crippen LogP contribution in [0.2, 0.25) is 0 Å². The van der Waals surface area contributed by atoms with Crippen molar-refractivity contribution in [1.29, 1.82) is 0 Å². The van der Waals surface area contributed by atoms with Gasteiger partial charge in [-0.05, 0) is 37.3 Å². The van der Waals surface area contributed by atoms with E-state index >= 15 is 0 Å². The van der Waals surface area contributed by atoms with E-state index in [2.05, 4.69) is 66.1 Å². The quantitative estimate of drug-likeness (QED) is 0.741. The van der Waals surface area contributed by atoms with E-state index in [1.165, 1.54) is 27.2 Å². The number of benzene rings is 1. The first-order chi connectivity index (χ1) is 9.84. The van der Waals surface area contributed by atoms with E-state index in [4.69, 9.17) is 0 Å². The van der Waals surface area contributed by atoms with E-state index < -0.39 is 0 Å².